The highest BCUT2D eigenvalue weighted by Crippen LogP contribution is 2.33. The number of piperidine rings is 1. The van der Waals surface area contributed by atoms with Crippen LogP contribution in [-0.4, -0.2) is 67.8 Å². The second-order valence-electron chi connectivity index (χ2n) is 7.88. The summed E-state index contributed by atoms with van der Waals surface area (Å²) in [5, 5.41) is 7.63. The molecule has 2 fully saturated rings. The molecule has 170 valence electrons. The molecule has 0 saturated carbocycles. The van der Waals surface area contributed by atoms with Gasteiger partial charge in [0.05, 0.1) is 0 Å². The number of nitrogens with zero attached hydrogens (tertiary/aromatic N) is 2. The van der Waals surface area contributed by atoms with Crippen LogP contribution in [0.4, 0.5) is 4.39 Å². The lowest BCUT2D eigenvalue weighted by atomic mass is 9.99. The van der Waals surface area contributed by atoms with E-state index in [1.54, 1.807) is 6.07 Å². The van der Waals surface area contributed by atoms with Gasteiger partial charge < -0.3 is 15.4 Å². The second kappa shape index (κ2) is 12.7. The van der Waals surface area contributed by atoms with Crippen LogP contribution >= 0.6 is 47.3 Å². The monoisotopic (exact) mass is 570 g/mol. The minimum absolute atomic E-state index is 0. The number of likely N-dealkylation sites (tertiary alicyclic amines) is 1. The number of hydrogen-bond donors (Lipinski definition) is 2. The van der Waals surface area contributed by atoms with E-state index in [-0.39, 0.29) is 34.5 Å². The molecule has 1 aromatic carbocycles. The van der Waals surface area contributed by atoms with Crippen LogP contribution in [0, 0.1) is 5.82 Å². The summed E-state index contributed by atoms with van der Waals surface area (Å²) in [6, 6.07) is 4.98. The zero-order chi connectivity index (χ0) is 20.7. The molecule has 2 aliphatic heterocycles. The lowest BCUT2D eigenvalue weighted by Gasteiger charge is -2.37. The first-order valence-corrected chi connectivity index (χ1v) is 11.9. The van der Waals surface area contributed by atoms with Crippen LogP contribution in [0.25, 0.3) is 0 Å². The Morgan fingerprint density at radius 3 is 2.83 bits per heavy atom. The third-order valence-electron chi connectivity index (χ3n) is 5.89. The minimum Gasteiger partial charge on any atom is -0.381 e. The van der Waals surface area contributed by atoms with Crippen molar-refractivity contribution in [2.75, 3.05) is 46.2 Å². The van der Waals surface area contributed by atoms with Crippen LogP contribution in [-0.2, 0) is 11.3 Å². The van der Waals surface area contributed by atoms with Gasteiger partial charge in [-0.2, -0.15) is 11.8 Å². The molecule has 30 heavy (non-hydrogen) atoms. The molecule has 0 aromatic heterocycles. The predicted octanol–water partition coefficient (Wildman–Crippen LogP) is 4.14. The van der Waals surface area contributed by atoms with Crippen LogP contribution < -0.4 is 10.6 Å². The molecule has 2 N–H and O–H groups in total. The van der Waals surface area contributed by atoms with Gasteiger partial charge in [-0.1, -0.05) is 17.7 Å². The highest BCUT2D eigenvalue weighted by atomic mass is 127. The lowest BCUT2D eigenvalue weighted by molar-refractivity contribution is 0.0782. The van der Waals surface area contributed by atoms with Gasteiger partial charge in [0.25, 0.3) is 0 Å². The molecule has 0 spiro atoms. The zero-order valence-corrected chi connectivity index (χ0v) is 21.7. The number of halogens is 3. The van der Waals surface area contributed by atoms with Crippen molar-refractivity contribution in [2.24, 2.45) is 4.99 Å². The third-order valence-corrected chi connectivity index (χ3v) is 7.66. The minimum atomic E-state index is -0.292. The summed E-state index contributed by atoms with van der Waals surface area (Å²) >= 11 is 8.13. The van der Waals surface area contributed by atoms with Crippen LogP contribution in [0.5, 0.6) is 0 Å². The first kappa shape index (κ1) is 26.0. The Hall–Kier alpha value is -0.290. The van der Waals surface area contributed by atoms with Gasteiger partial charge in [0.2, 0.25) is 0 Å². The maximum Gasteiger partial charge on any atom is 0.191 e. The van der Waals surface area contributed by atoms with Crippen molar-refractivity contribution < 1.29 is 9.13 Å². The Bertz CT molecular complexity index is 706. The first-order chi connectivity index (χ1) is 14.0. The van der Waals surface area contributed by atoms with Crippen LogP contribution in [0.15, 0.2) is 23.2 Å². The van der Waals surface area contributed by atoms with Gasteiger partial charge in [0.15, 0.2) is 5.96 Å². The van der Waals surface area contributed by atoms with Gasteiger partial charge >= 0.3 is 0 Å². The van der Waals surface area contributed by atoms with E-state index < -0.39 is 0 Å². The van der Waals surface area contributed by atoms with Crippen molar-refractivity contribution in [2.45, 2.75) is 43.0 Å². The normalized spacial score (nSPS) is 22.3. The average molecular weight is 571 g/mol. The highest BCUT2D eigenvalue weighted by molar-refractivity contribution is 14.0. The Labute approximate surface area is 205 Å². The zero-order valence-electron chi connectivity index (χ0n) is 17.8. The maximum absolute atomic E-state index is 13.3. The fourth-order valence-electron chi connectivity index (χ4n) is 4.04. The number of benzene rings is 1. The summed E-state index contributed by atoms with van der Waals surface area (Å²) in [4.78, 5) is 6.81. The van der Waals surface area contributed by atoms with E-state index in [4.69, 9.17) is 16.3 Å². The number of thioether (sulfide) groups is 1. The molecule has 1 atom stereocenters. The van der Waals surface area contributed by atoms with Gasteiger partial charge in [-0.3, -0.25) is 9.89 Å². The molecule has 2 saturated heterocycles. The van der Waals surface area contributed by atoms with Crippen molar-refractivity contribution in [3.63, 3.8) is 0 Å². The number of rotatable bonds is 6. The highest BCUT2D eigenvalue weighted by Gasteiger charge is 2.32. The van der Waals surface area contributed by atoms with Gasteiger partial charge in [0, 0.05) is 55.7 Å². The maximum atomic E-state index is 13.3. The van der Waals surface area contributed by atoms with Gasteiger partial charge in [0.1, 0.15) is 5.82 Å². The van der Waals surface area contributed by atoms with E-state index in [1.165, 1.54) is 12.1 Å². The van der Waals surface area contributed by atoms with Gasteiger partial charge in [-0.25, -0.2) is 4.39 Å². The molecule has 2 heterocycles. The van der Waals surface area contributed by atoms with E-state index in [0.29, 0.717) is 11.1 Å². The molecule has 1 unspecified atom stereocenters. The van der Waals surface area contributed by atoms with E-state index >= 15 is 0 Å². The van der Waals surface area contributed by atoms with Gasteiger partial charge in [-0.05, 0) is 56.2 Å². The summed E-state index contributed by atoms with van der Waals surface area (Å²) < 4.78 is 19.0. The number of guanidine groups is 1. The second-order valence-corrected chi connectivity index (χ2v) is 9.56. The van der Waals surface area contributed by atoms with Crippen molar-refractivity contribution in [3.8, 4) is 0 Å². The van der Waals surface area contributed by atoms with Crippen LogP contribution in [0.2, 0.25) is 5.02 Å². The SMILES string of the molecule is CN=C(NCC1(SC)CCOCC1)NC1CCCN(Cc2ccc(F)cc2Cl)C1.I. The summed E-state index contributed by atoms with van der Waals surface area (Å²) in [5.74, 6) is 0.566. The standard InChI is InChI=1S/C21H32ClFN4OS.HI/c1-24-20(25-15-21(29-2)7-10-28-11-8-21)26-18-4-3-9-27(14-18)13-16-5-6-17(23)12-19(16)22;/h5-6,12,18H,3-4,7-11,13-15H2,1-2H3,(H2,24,25,26);1H. The van der Waals surface area contributed by atoms with Crippen LogP contribution in [0.1, 0.15) is 31.2 Å². The van der Waals surface area contributed by atoms with Crippen molar-refractivity contribution >= 4 is 53.3 Å². The molecule has 3 rings (SSSR count). The first-order valence-electron chi connectivity index (χ1n) is 10.3. The smallest absolute Gasteiger partial charge is 0.191 e. The number of ether oxygens (including phenoxy) is 1. The fourth-order valence-corrected chi connectivity index (χ4v) is 5.06. The van der Waals surface area contributed by atoms with E-state index in [0.717, 1.165) is 76.6 Å². The van der Waals surface area contributed by atoms with E-state index in [2.05, 4.69) is 26.8 Å². The summed E-state index contributed by atoms with van der Waals surface area (Å²) in [6.07, 6.45) is 6.53. The summed E-state index contributed by atoms with van der Waals surface area (Å²) in [7, 11) is 1.82. The third kappa shape index (κ3) is 7.39. The molecule has 0 bridgehead atoms. The molecular formula is C21H33ClFIN4OS. The molecule has 9 heteroatoms. The molecular weight excluding hydrogens is 538 g/mol. The quantitative estimate of drug-likeness (QED) is 0.306. The Morgan fingerprint density at radius 1 is 1.40 bits per heavy atom. The van der Waals surface area contributed by atoms with Crippen molar-refractivity contribution in [3.05, 3.63) is 34.6 Å². The number of hydrogen-bond acceptors (Lipinski definition) is 4. The van der Waals surface area contributed by atoms with Gasteiger partial charge in [-0.15, -0.1) is 24.0 Å². The molecule has 5 nitrogen and oxygen atoms in total. The predicted molar refractivity (Wildman–Crippen MR) is 136 cm³/mol. The summed E-state index contributed by atoms with van der Waals surface area (Å²) in [6.45, 7) is 5.22. The fraction of sp³-hybridized carbons (Fsp3) is 0.667. The molecule has 0 amide bonds. The topological polar surface area (TPSA) is 48.9 Å². The van der Waals surface area contributed by atoms with Crippen molar-refractivity contribution in [1.82, 2.24) is 15.5 Å². The largest absolute Gasteiger partial charge is 0.381 e. The Morgan fingerprint density at radius 2 is 2.17 bits per heavy atom. The Kier molecular flexibility index (Phi) is 11.0. The molecule has 0 radical (unpaired) electrons. The average Bonchev–Trinajstić information content (AvgIpc) is 2.74. The number of nitrogens with one attached hydrogen (secondary N) is 2. The van der Waals surface area contributed by atoms with Crippen molar-refractivity contribution in [1.29, 1.82) is 0 Å². The molecule has 1 aromatic rings. The summed E-state index contributed by atoms with van der Waals surface area (Å²) in [5.41, 5.74) is 0.970. The van der Waals surface area contributed by atoms with E-state index in [9.17, 15) is 4.39 Å². The molecule has 0 aliphatic carbocycles. The lowest BCUT2D eigenvalue weighted by Crippen LogP contribution is -2.53. The van der Waals surface area contributed by atoms with E-state index in [1.807, 2.05) is 18.8 Å². The molecule has 2 aliphatic rings. The van der Waals surface area contributed by atoms with Crippen LogP contribution in [0.3, 0.4) is 0 Å². The Balaban J connectivity index is 0.00000320. The number of aliphatic imine (C=N–C) groups is 1.